The first-order valence-electron chi connectivity index (χ1n) is 10.9. The molecule has 0 amide bonds. The summed E-state index contributed by atoms with van der Waals surface area (Å²) in [6, 6.07) is 19.8. The van der Waals surface area contributed by atoms with Gasteiger partial charge in [-0.15, -0.1) is 11.3 Å². The Kier molecular flexibility index (Phi) is 5.32. The first kappa shape index (κ1) is 20.4. The fourth-order valence-electron chi connectivity index (χ4n) is 4.25. The molecule has 0 radical (unpaired) electrons. The minimum absolute atomic E-state index is 0.00314. The van der Waals surface area contributed by atoms with Gasteiger partial charge in [0.1, 0.15) is 4.83 Å². The normalized spacial score (nSPS) is 13.0. The van der Waals surface area contributed by atoms with E-state index in [0.29, 0.717) is 29.0 Å². The Morgan fingerprint density at radius 2 is 1.79 bits per heavy atom. The highest BCUT2D eigenvalue weighted by Crippen LogP contribution is 2.36. The van der Waals surface area contributed by atoms with Crippen LogP contribution in [0.4, 0.5) is 0 Å². The first-order chi connectivity index (χ1) is 16.3. The smallest absolute Gasteiger partial charge is 0.267 e. The molecular formula is C25H20N4O2S2. The van der Waals surface area contributed by atoms with Gasteiger partial charge in [-0.3, -0.25) is 9.36 Å². The molecule has 6 nitrogen and oxygen atoms in total. The van der Waals surface area contributed by atoms with E-state index in [0.717, 1.165) is 40.7 Å². The molecule has 8 heteroatoms. The molecule has 0 spiro atoms. The average Bonchev–Trinajstić information content (AvgIpc) is 3.55. The number of hydrogen-bond donors (Lipinski definition) is 0. The van der Waals surface area contributed by atoms with Crippen LogP contribution in [-0.2, 0) is 25.0 Å². The van der Waals surface area contributed by atoms with Gasteiger partial charge in [-0.05, 0) is 42.5 Å². The first-order valence-corrected chi connectivity index (χ1v) is 12.7. The van der Waals surface area contributed by atoms with Crippen LogP contribution in [0.2, 0.25) is 0 Å². The maximum absolute atomic E-state index is 13.7. The molecule has 0 saturated heterocycles. The van der Waals surface area contributed by atoms with Crippen molar-refractivity contribution in [3.8, 4) is 5.69 Å². The van der Waals surface area contributed by atoms with E-state index in [9.17, 15) is 4.79 Å². The van der Waals surface area contributed by atoms with Gasteiger partial charge in [0.25, 0.3) is 5.56 Å². The van der Waals surface area contributed by atoms with E-state index in [4.69, 9.17) is 9.51 Å². The number of thioether (sulfide) groups is 1. The second-order valence-corrected chi connectivity index (χ2v) is 9.99. The minimum Gasteiger partial charge on any atom is -0.338 e. The van der Waals surface area contributed by atoms with E-state index < -0.39 is 0 Å². The Morgan fingerprint density at radius 1 is 1.00 bits per heavy atom. The molecule has 1 aliphatic carbocycles. The summed E-state index contributed by atoms with van der Waals surface area (Å²) in [6.07, 6.45) is 3.73. The van der Waals surface area contributed by atoms with Crippen LogP contribution in [0.3, 0.4) is 0 Å². The Balaban J connectivity index is 1.34. The lowest BCUT2D eigenvalue weighted by Gasteiger charge is -2.11. The van der Waals surface area contributed by atoms with Crippen LogP contribution < -0.4 is 5.56 Å². The van der Waals surface area contributed by atoms with Gasteiger partial charge in [-0.2, -0.15) is 4.98 Å². The zero-order chi connectivity index (χ0) is 22.2. The van der Waals surface area contributed by atoms with Gasteiger partial charge in [0.2, 0.25) is 5.89 Å². The molecule has 164 valence electrons. The molecule has 2 aromatic carbocycles. The third-order valence-corrected chi connectivity index (χ3v) is 7.87. The van der Waals surface area contributed by atoms with Crippen LogP contribution in [-0.4, -0.2) is 19.7 Å². The number of rotatable bonds is 6. The maximum Gasteiger partial charge on any atom is 0.267 e. The summed E-state index contributed by atoms with van der Waals surface area (Å²) in [5, 5.41) is 5.54. The van der Waals surface area contributed by atoms with E-state index >= 15 is 0 Å². The Labute approximate surface area is 198 Å². The van der Waals surface area contributed by atoms with Gasteiger partial charge in [0.15, 0.2) is 11.0 Å². The molecule has 0 atom stereocenters. The Hall–Kier alpha value is -3.23. The number of aromatic nitrogens is 4. The van der Waals surface area contributed by atoms with Crippen molar-refractivity contribution in [1.29, 1.82) is 0 Å². The molecule has 3 aromatic heterocycles. The van der Waals surface area contributed by atoms with Gasteiger partial charge >= 0.3 is 0 Å². The number of aryl methyl sites for hydroxylation is 2. The van der Waals surface area contributed by atoms with Crippen molar-refractivity contribution < 1.29 is 4.52 Å². The van der Waals surface area contributed by atoms with Gasteiger partial charge in [0, 0.05) is 11.3 Å². The van der Waals surface area contributed by atoms with Crippen LogP contribution in [0.1, 0.15) is 34.1 Å². The van der Waals surface area contributed by atoms with E-state index in [-0.39, 0.29) is 5.56 Å². The number of para-hydroxylation sites is 1. The number of benzene rings is 2. The molecular weight excluding hydrogens is 452 g/mol. The second-order valence-electron chi connectivity index (χ2n) is 7.96. The Morgan fingerprint density at radius 3 is 2.61 bits per heavy atom. The fourth-order valence-corrected chi connectivity index (χ4v) is 6.40. The van der Waals surface area contributed by atoms with Gasteiger partial charge < -0.3 is 4.52 Å². The summed E-state index contributed by atoms with van der Waals surface area (Å²) in [6.45, 7) is 0. The van der Waals surface area contributed by atoms with Crippen LogP contribution in [0, 0.1) is 0 Å². The third kappa shape index (κ3) is 3.89. The monoisotopic (exact) mass is 472 g/mol. The predicted octanol–water partition coefficient (Wildman–Crippen LogP) is 5.20. The van der Waals surface area contributed by atoms with Crippen LogP contribution in [0.15, 0.2) is 75.1 Å². The minimum atomic E-state index is 0.00314. The molecule has 33 heavy (non-hydrogen) atoms. The van der Waals surface area contributed by atoms with Crippen molar-refractivity contribution >= 4 is 33.3 Å². The third-order valence-electron chi connectivity index (χ3n) is 5.76. The molecule has 0 saturated carbocycles. The Bertz CT molecular complexity index is 1490. The summed E-state index contributed by atoms with van der Waals surface area (Å²) in [5.74, 6) is 1.61. The largest absolute Gasteiger partial charge is 0.338 e. The van der Waals surface area contributed by atoms with Crippen molar-refractivity contribution in [2.24, 2.45) is 0 Å². The number of hydrogen-bond acceptors (Lipinski definition) is 7. The number of thiophene rings is 1. The number of fused-ring (bicyclic) bond motifs is 3. The molecule has 0 unspecified atom stereocenters. The lowest BCUT2D eigenvalue weighted by atomic mass is 10.1. The quantitative estimate of drug-likeness (QED) is 0.250. The summed E-state index contributed by atoms with van der Waals surface area (Å²) in [4.78, 5) is 25.2. The van der Waals surface area contributed by atoms with Crippen molar-refractivity contribution in [3.63, 3.8) is 0 Å². The van der Waals surface area contributed by atoms with Gasteiger partial charge in [-0.25, -0.2) is 4.98 Å². The molecule has 0 bridgehead atoms. The predicted molar refractivity (Wildman–Crippen MR) is 130 cm³/mol. The zero-order valence-electron chi connectivity index (χ0n) is 17.7. The lowest BCUT2D eigenvalue weighted by Crippen LogP contribution is -2.21. The van der Waals surface area contributed by atoms with E-state index in [2.05, 4.69) is 10.1 Å². The molecule has 6 rings (SSSR count). The fraction of sp³-hybridized carbons (Fsp3) is 0.200. The van der Waals surface area contributed by atoms with Crippen molar-refractivity contribution in [3.05, 3.63) is 98.7 Å². The van der Waals surface area contributed by atoms with Gasteiger partial charge in [-0.1, -0.05) is 65.4 Å². The molecule has 5 aromatic rings. The van der Waals surface area contributed by atoms with E-state index in [1.165, 1.54) is 22.2 Å². The van der Waals surface area contributed by atoms with E-state index in [1.54, 1.807) is 15.9 Å². The molecule has 0 fully saturated rings. The second kappa shape index (κ2) is 8.61. The van der Waals surface area contributed by atoms with E-state index in [1.807, 2.05) is 60.7 Å². The zero-order valence-corrected chi connectivity index (χ0v) is 19.4. The molecule has 3 heterocycles. The summed E-state index contributed by atoms with van der Waals surface area (Å²) >= 11 is 3.10. The highest BCUT2D eigenvalue weighted by molar-refractivity contribution is 7.98. The van der Waals surface area contributed by atoms with Gasteiger partial charge in [0.05, 0.1) is 16.8 Å². The van der Waals surface area contributed by atoms with Crippen molar-refractivity contribution in [2.75, 3.05) is 0 Å². The maximum atomic E-state index is 13.7. The molecule has 1 aliphatic rings. The highest BCUT2D eigenvalue weighted by atomic mass is 32.2. The summed E-state index contributed by atoms with van der Waals surface area (Å²) in [7, 11) is 0. The number of nitrogens with zero attached hydrogens (tertiary/aromatic N) is 4. The van der Waals surface area contributed by atoms with Crippen molar-refractivity contribution in [1.82, 2.24) is 19.7 Å². The summed E-state index contributed by atoms with van der Waals surface area (Å²) in [5.41, 5.74) is 3.14. The standard InChI is InChI=1S/C25H20N4O2S2/c30-24-22-18-12-7-13-19(18)33-23(22)27-25(29(24)17-10-5-2-6-11-17)32-15-21-26-20(28-31-21)14-16-8-3-1-4-9-16/h1-6,8-11H,7,12-15H2. The topological polar surface area (TPSA) is 73.8 Å². The SMILES string of the molecule is O=c1c2c3c(sc2nc(SCc2nc(Cc4ccccc4)no2)n1-c1ccccc1)CCC3. The van der Waals surface area contributed by atoms with Crippen LogP contribution in [0.25, 0.3) is 15.9 Å². The van der Waals surface area contributed by atoms with Crippen LogP contribution in [0.5, 0.6) is 0 Å². The van der Waals surface area contributed by atoms with Crippen molar-refractivity contribution in [2.45, 2.75) is 36.6 Å². The average molecular weight is 473 g/mol. The molecule has 0 aliphatic heterocycles. The van der Waals surface area contributed by atoms with Crippen LogP contribution >= 0.6 is 23.1 Å². The highest BCUT2D eigenvalue weighted by Gasteiger charge is 2.24. The molecule has 0 N–H and O–H groups in total. The summed E-state index contributed by atoms with van der Waals surface area (Å²) < 4.78 is 7.20. The lowest BCUT2D eigenvalue weighted by molar-refractivity contribution is 0.385.